The first-order valence-corrected chi connectivity index (χ1v) is 9.80. The molecule has 1 unspecified atom stereocenters. The number of benzene rings is 1. The molecule has 1 aromatic carbocycles. The maximum absolute atomic E-state index is 12.9. The lowest BCUT2D eigenvalue weighted by molar-refractivity contribution is -0.140. The van der Waals surface area contributed by atoms with Crippen molar-refractivity contribution in [2.24, 2.45) is 0 Å². The number of methoxy groups -OCH3 is 1. The van der Waals surface area contributed by atoms with Crippen molar-refractivity contribution < 1.29 is 19.4 Å². The number of amides is 1. The number of nitrogens with one attached hydrogen (secondary N) is 1. The first kappa shape index (κ1) is 18.5. The molecule has 0 saturated carbocycles. The Morgan fingerprint density at radius 3 is 2.79 bits per heavy atom. The van der Waals surface area contributed by atoms with Gasteiger partial charge >= 0.3 is 0 Å². The Morgan fingerprint density at radius 1 is 1.29 bits per heavy atom. The second-order valence-corrected chi connectivity index (χ2v) is 7.65. The third-order valence-corrected chi connectivity index (χ3v) is 6.14. The van der Waals surface area contributed by atoms with E-state index in [0.717, 1.165) is 21.3 Å². The summed E-state index contributed by atoms with van der Waals surface area (Å²) in [6.45, 7) is 2.52. The molecule has 1 fully saturated rings. The van der Waals surface area contributed by atoms with E-state index in [1.165, 1.54) is 16.2 Å². The average Bonchev–Trinajstić information content (AvgIpc) is 3.37. The zero-order valence-electron chi connectivity index (χ0n) is 15.6. The molecule has 1 amide bonds. The van der Waals surface area contributed by atoms with Crippen LogP contribution in [0.3, 0.4) is 0 Å². The molecular formula is C21H20N2O4S. The van der Waals surface area contributed by atoms with E-state index in [2.05, 4.69) is 4.98 Å². The second-order valence-electron chi connectivity index (χ2n) is 6.70. The molecule has 0 bridgehead atoms. The van der Waals surface area contributed by atoms with Crippen LogP contribution in [0.5, 0.6) is 0 Å². The number of aromatic amines is 1. The van der Waals surface area contributed by atoms with Crippen molar-refractivity contribution in [3.05, 3.63) is 63.5 Å². The fraction of sp³-hybridized carbons (Fsp3) is 0.238. The van der Waals surface area contributed by atoms with Gasteiger partial charge in [-0.2, -0.15) is 0 Å². The minimum absolute atomic E-state index is 0.122. The molecule has 3 aromatic rings. The molecule has 1 aliphatic heterocycles. The second kappa shape index (κ2) is 7.26. The number of H-pyrrole nitrogens is 1. The van der Waals surface area contributed by atoms with Crippen molar-refractivity contribution in [1.29, 1.82) is 0 Å². The number of hydrogen-bond donors (Lipinski definition) is 2. The van der Waals surface area contributed by atoms with Crippen LogP contribution in [0, 0.1) is 6.92 Å². The SMILES string of the molecule is COCCN1C(=O)C(=O)/C(=C(/O)c2c[nH]c3ccccc23)C1c1sccc1C. The number of likely N-dealkylation sites (tertiary alicyclic amines) is 1. The van der Waals surface area contributed by atoms with Gasteiger partial charge in [0.05, 0.1) is 18.2 Å². The molecule has 1 aliphatic rings. The van der Waals surface area contributed by atoms with Crippen LogP contribution in [-0.2, 0) is 14.3 Å². The molecule has 6 nitrogen and oxygen atoms in total. The van der Waals surface area contributed by atoms with Crippen molar-refractivity contribution in [2.45, 2.75) is 13.0 Å². The molecule has 0 spiro atoms. The number of nitrogens with zero attached hydrogens (tertiary/aromatic N) is 1. The van der Waals surface area contributed by atoms with Crippen LogP contribution in [0.2, 0.25) is 0 Å². The van der Waals surface area contributed by atoms with E-state index in [-0.39, 0.29) is 17.9 Å². The van der Waals surface area contributed by atoms with Gasteiger partial charge in [0.2, 0.25) is 0 Å². The predicted molar refractivity (Wildman–Crippen MR) is 108 cm³/mol. The summed E-state index contributed by atoms with van der Waals surface area (Å²) < 4.78 is 5.12. The third kappa shape index (κ3) is 2.83. The Hall–Kier alpha value is -2.90. The van der Waals surface area contributed by atoms with E-state index in [1.807, 2.05) is 42.6 Å². The molecule has 7 heteroatoms. The number of thiophene rings is 1. The number of ketones is 1. The number of aliphatic hydroxyl groups excluding tert-OH is 1. The van der Waals surface area contributed by atoms with Gasteiger partial charge in [0.25, 0.3) is 11.7 Å². The van der Waals surface area contributed by atoms with Gasteiger partial charge < -0.3 is 19.7 Å². The van der Waals surface area contributed by atoms with Crippen LogP contribution in [0.1, 0.15) is 22.0 Å². The normalized spacial score (nSPS) is 19.1. The van der Waals surface area contributed by atoms with Crippen LogP contribution in [0.4, 0.5) is 0 Å². The number of ether oxygens (including phenoxy) is 1. The van der Waals surface area contributed by atoms with E-state index < -0.39 is 17.7 Å². The number of Topliss-reactive ketones (excluding diaryl/α,β-unsaturated/α-hetero) is 1. The van der Waals surface area contributed by atoms with Crippen LogP contribution >= 0.6 is 11.3 Å². The van der Waals surface area contributed by atoms with Gasteiger partial charge in [-0.25, -0.2) is 0 Å². The molecule has 4 rings (SSSR count). The lowest BCUT2D eigenvalue weighted by Crippen LogP contribution is -2.32. The topological polar surface area (TPSA) is 82.6 Å². The first-order valence-electron chi connectivity index (χ1n) is 8.92. The highest BCUT2D eigenvalue weighted by atomic mass is 32.1. The van der Waals surface area contributed by atoms with E-state index >= 15 is 0 Å². The molecule has 1 atom stereocenters. The summed E-state index contributed by atoms with van der Waals surface area (Å²) in [6.07, 6.45) is 1.67. The minimum atomic E-state index is -0.670. The number of carbonyl (C=O) groups excluding carboxylic acids is 2. The van der Waals surface area contributed by atoms with Gasteiger partial charge in [-0.1, -0.05) is 18.2 Å². The Morgan fingerprint density at radius 2 is 2.07 bits per heavy atom. The molecule has 144 valence electrons. The largest absolute Gasteiger partial charge is 0.507 e. The quantitative estimate of drug-likeness (QED) is 0.392. The van der Waals surface area contributed by atoms with Crippen molar-refractivity contribution in [3.8, 4) is 0 Å². The number of fused-ring (bicyclic) bond motifs is 1. The highest BCUT2D eigenvalue weighted by Gasteiger charge is 2.47. The van der Waals surface area contributed by atoms with Crippen molar-refractivity contribution >= 4 is 39.7 Å². The fourth-order valence-corrected chi connectivity index (χ4v) is 4.70. The zero-order valence-corrected chi connectivity index (χ0v) is 16.4. The third-order valence-electron chi connectivity index (χ3n) is 5.07. The molecule has 2 aromatic heterocycles. The number of aryl methyl sites for hydroxylation is 1. The Labute approximate surface area is 166 Å². The molecule has 3 heterocycles. The Kier molecular flexibility index (Phi) is 4.78. The Balaban J connectivity index is 1.91. The number of aliphatic hydroxyl groups is 1. The van der Waals surface area contributed by atoms with Gasteiger partial charge in [0.15, 0.2) is 0 Å². The summed E-state index contributed by atoms with van der Waals surface area (Å²) in [6, 6.07) is 8.84. The van der Waals surface area contributed by atoms with Crippen LogP contribution in [0.25, 0.3) is 16.7 Å². The smallest absolute Gasteiger partial charge is 0.295 e. The van der Waals surface area contributed by atoms with Gasteiger partial charge in [0.1, 0.15) is 5.76 Å². The molecule has 2 N–H and O–H groups in total. The fourth-order valence-electron chi connectivity index (χ4n) is 3.65. The minimum Gasteiger partial charge on any atom is -0.507 e. The van der Waals surface area contributed by atoms with Crippen molar-refractivity contribution in [2.75, 3.05) is 20.3 Å². The van der Waals surface area contributed by atoms with E-state index in [9.17, 15) is 14.7 Å². The summed E-state index contributed by atoms with van der Waals surface area (Å²) in [5, 5.41) is 13.9. The Bertz CT molecular complexity index is 1090. The lowest BCUT2D eigenvalue weighted by atomic mass is 9.98. The summed E-state index contributed by atoms with van der Waals surface area (Å²) in [4.78, 5) is 31.1. The van der Waals surface area contributed by atoms with Crippen molar-refractivity contribution in [1.82, 2.24) is 9.88 Å². The van der Waals surface area contributed by atoms with Crippen LogP contribution in [0.15, 0.2) is 47.5 Å². The van der Waals surface area contributed by atoms with Crippen LogP contribution < -0.4 is 0 Å². The van der Waals surface area contributed by atoms with Gasteiger partial charge in [0, 0.05) is 41.2 Å². The molecule has 0 radical (unpaired) electrons. The summed E-state index contributed by atoms with van der Waals surface area (Å²) in [5.41, 5.74) is 2.46. The predicted octanol–water partition coefficient (Wildman–Crippen LogP) is 3.61. The average molecular weight is 396 g/mol. The monoisotopic (exact) mass is 396 g/mol. The number of para-hydroxylation sites is 1. The number of aromatic nitrogens is 1. The van der Waals surface area contributed by atoms with E-state index in [0.29, 0.717) is 12.2 Å². The maximum atomic E-state index is 12.9. The first-order chi connectivity index (χ1) is 13.5. The highest BCUT2D eigenvalue weighted by molar-refractivity contribution is 7.10. The molecule has 1 saturated heterocycles. The van der Waals surface area contributed by atoms with Gasteiger partial charge in [-0.05, 0) is 30.0 Å². The van der Waals surface area contributed by atoms with E-state index in [4.69, 9.17) is 4.74 Å². The summed E-state index contributed by atoms with van der Waals surface area (Å²) in [7, 11) is 1.55. The van der Waals surface area contributed by atoms with Gasteiger partial charge in [-0.15, -0.1) is 11.3 Å². The number of hydrogen-bond acceptors (Lipinski definition) is 5. The van der Waals surface area contributed by atoms with E-state index in [1.54, 1.807) is 13.3 Å². The van der Waals surface area contributed by atoms with Gasteiger partial charge in [-0.3, -0.25) is 9.59 Å². The number of carbonyl (C=O) groups is 2. The summed E-state index contributed by atoms with van der Waals surface area (Å²) >= 11 is 1.47. The summed E-state index contributed by atoms with van der Waals surface area (Å²) in [5.74, 6) is -1.44. The maximum Gasteiger partial charge on any atom is 0.295 e. The molecule has 28 heavy (non-hydrogen) atoms. The highest BCUT2D eigenvalue weighted by Crippen LogP contribution is 2.43. The molecular weight excluding hydrogens is 376 g/mol. The number of rotatable bonds is 5. The van der Waals surface area contributed by atoms with Crippen molar-refractivity contribution in [3.63, 3.8) is 0 Å². The standard InChI is InChI=1S/C21H20N2O4S/c1-12-7-10-28-20(12)17-16(19(25)21(26)23(17)8-9-27-2)18(24)14-11-22-15-6-4-3-5-13(14)15/h3-7,10-11,17,22,24H,8-9H2,1-2H3/b18-16+. The van der Waals surface area contributed by atoms with Crippen LogP contribution in [-0.4, -0.2) is 46.9 Å². The molecule has 0 aliphatic carbocycles. The zero-order chi connectivity index (χ0) is 19.8. The lowest BCUT2D eigenvalue weighted by Gasteiger charge is -2.24.